The molecule has 1 atom stereocenters. The smallest absolute Gasteiger partial charge is 0.281 e. The van der Waals surface area contributed by atoms with Gasteiger partial charge >= 0.3 is 0 Å². The summed E-state index contributed by atoms with van der Waals surface area (Å²) < 4.78 is 0. The molecule has 0 aliphatic carbocycles. The zero-order valence-electron chi connectivity index (χ0n) is 12.3. The molecular formula is C16H25NOS. The minimum atomic E-state index is 0.226. The summed E-state index contributed by atoms with van der Waals surface area (Å²) in [4.78, 5) is 14.0. The molecule has 2 nitrogen and oxygen atoms in total. The molecule has 0 fully saturated rings. The molecule has 106 valence electrons. The Balaban J connectivity index is 2.49. The number of carbonyl (C=O) groups is 1. The average Bonchev–Trinajstić information content (AvgIpc) is 2.44. The van der Waals surface area contributed by atoms with Crippen LogP contribution in [0.1, 0.15) is 45.1 Å². The van der Waals surface area contributed by atoms with Gasteiger partial charge in [0, 0.05) is 13.1 Å². The summed E-state index contributed by atoms with van der Waals surface area (Å²) in [6.07, 6.45) is 2.05. The molecule has 0 N–H and O–H groups in total. The first-order chi connectivity index (χ1) is 9.19. The van der Waals surface area contributed by atoms with Crippen LogP contribution in [0.5, 0.6) is 0 Å². The second kappa shape index (κ2) is 9.03. The number of hydrogen-bond acceptors (Lipinski definition) is 2. The third-order valence-electron chi connectivity index (χ3n) is 3.22. The molecule has 1 unspecified atom stereocenters. The molecule has 0 aliphatic rings. The van der Waals surface area contributed by atoms with Crippen molar-refractivity contribution in [2.75, 3.05) is 18.8 Å². The summed E-state index contributed by atoms with van der Waals surface area (Å²) >= 11 is 1.41. The molecule has 1 aromatic carbocycles. The molecule has 1 aromatic rings. The first kappa shape index (κ1) is 16.1. The average molecular weight is 279 g/mol. The van der Waals surface area contributed by atoms with Crippen LogP contribution >= 0.6 is 11.8 Å². The van der Waals surface area contributed by atoms with E-state index in [-0.39, 0.29) is 5.24 Å². The van der Waals surface area contributed by atoms with Crippen molar-refractivity contribution in [3.63, 3.8) is 0 Å². The fraction of sp³-hybridized carbons (Fsp3) is 0.562. The maximum Gasteiger partial charge on any atom is 0.281 e. The first-order valence-corrected chi connectivity index (χ1v) is 8.14. The number of nitrogens with zero attached hydrogens (tertiary/aromatic N) is 1. The van der Waals surface area contributed by atoms with Crippen LogP contribution in [-0.2, 0) is 0 Å². The lowest BCUT2D eigenvalue weighted by Gasteiger charge is -2.23. The van der Waals surface area contributed by atoms with Crippen LogP contribution in [0.3, 0.4) is 0 Å². The Labute approximate surface area is 121 Å². The van der Waals surface area contributed by atoms with Gasteiger partial charge in [0.15, 0.2) is 0 Å². The van der Waals surface area contributed by atoms with E-state index >= 15 is 0 Å². The van der Waals surface area contributed by atoms with Crippen LogP contribution in [-0.4, -0.2) is 29.0 Å². The lowest BCUT2D eigenvalue weighted by atomic mass is 9.98. The lowest BCUT2D eigenvalue weighted by molar-refractivity contribution is 0.221. The van der Waals surface area contributed by atoms with Crippen LogP contribution in [0.25, 0.3) is 0 Å². The highest BCUT2D eigenvalue weighted by Gasteiger charge is 2.14. The standard InChI is InChI=1S/C16H25NOS/c1-4-12-17(16(18)19-5-2)13-11-14(3)15-9-7-6-8-10-15/h6-10,14H,4-5,11-13H2,1-3H3. The fourth-order valence-corrected chi connectivity index (χ4v) is 2.69. The van der Waals surface area contributed by atoms with Crippen molar-refractivity contribution in [1.29, 1.82) is 0 Å². The molecule has 0 heterocycles. The Bertz CT molecular complexity index is 366. The topological polar surface area (TPSA) is 20.3 Å². The summed E-state index contributed by atoms with van der Waals surface area (Å²) in [7, 11) is 0. The highest BCUT2D eigenvalue weighted by Crippen LogP contribution is 2.20. The van der Waals surface area contributed by atoms with Gasteiger partial charge in [-0.05, 0) is 30.1 Å². The van der Waals surface area contributed by atoms with Gasteiger partial charge in [0.1, 0.15) is 0 Å². The van der Waals surface area contributed by atoms with Crippen molar-refractivity contribution in [2.24, 2.45) is 0 Å². The molecule has 0 saturated heterocycles. The van der Waals surface area contributed by atoms with Gasteiger partial charge in [-0.15, -0.1) is 0 Å². The number of amides is 1. The van der Waals surface area contributed by atoms with E-state index in [0.29, 0.717) is 5.92 Å². The zero-order chi connectivity index (χ0) is 14.1. The third-order valence-corrected chi connectivity index (χ3v) is 4.01. The molecule has 1 rings (SSSR count). The Morgan fingerprint density at radius 3 is 2.47 bits per heavy atom. The van der Waals surface area contributed by atoms with E-state index in [0.717, 1.165) is 31.7 Å². The van der Waals surface area contributed by atoms with Crippen LogP contribution < -0.4 is 0 Å². The predicted molar refractivity (Wildman–Crippen MR) is 84.9 cm³/mol. The van der Waals surface area contributed by atoms with Crippen molar-refractivity contribution in [3.8, 4) is 0 Å². The van der Waals surface area contributed by atoms with E-state index in [1.165, 1.54) is 17.3 Å². The quantitative estimate of drug-likeness (QED) is 0.717. The zero-order valence-corrected chi connectivity index (χ0v) is 13.1. The summed E-state index contributed by atoms with van der Waals surface area (Å²) in [6, 6.07) is 10.5. The Hall–Kier alpha value is -0.960. The van der Waals surface area contributed by atoms with Gasteiger partial charge in [-0.3, -0.25) is 4.79 Å². The fourth-order valence-electron chi connectivity index (χ4n) is 2.08. The van der Waals surface area contributed by atoms with Gasteiger partial charge in [-0.25, -0.2) is 0 Å². The highest BCUT2D eigenvalue weighted by molar-refractivity contribution is 8.13. The largest absolute Gasteiger partial charge is 0.334 e. The van der Waals surface area contributed by atoms with Gasteiger partial charge in [0.2, 0.25) is 0 Å². The van der Waals surface area contributed by atoms with Crippen LogP contribution in [0, 0.1) is 0 Å². The molecule has 0 radical (unpaired) electrons. The van der Waals surface area contributed by atoms with Crippen LogP contribution in [0.4, 0.5) is 4.79 Å². The number of benzene rings is 1. The number of thioether (sulfide) groups is 1. The molecule has 0 bridgehead atoms. The summed E-state index contributed by atoms with van der Waals surface area (Å²) in [6.45, 7) is 8.11. The molecule has 3 heteroatoms. The number of hydrogen-bond donors (Lipinski definition) is 0. The van der Waals surface area contributed by atoms with E-state index in [4.69, 9.17) is 0 Å². The molecule has 0 spiro atoms. The van der Waals surface area contributed by atoms with Crippen LogP contribution in [0.2, 0.25) is 0 Å². The predicted octanol–water partition coefficient (Wildman–Crippen LogP) is 4.77. The van der Waals surface area contributed by atoms with Crippen molar-refractivity contribution in [3.05, 3.63) is 35.9 Å². The monoisotopic (exact) mass is 279 g/mol. The van der Waals surface area contributed by atoms with Gasteiger partial charge < -0.3 is 4.90 Å². The molecule has 19 heavy (non-hydrogen) atoms. The molecular weight excluding hydrogens is 254 g/mol. The Kier molecular flexibility index (Phi) is 7.65. The minimum absolute atomic E-state index is 0.226. The minimum Gasteiger partial charge on any atom is -0.334 e. The van der Waals surface area contributed by atoms with Crippen molar-refractivity contribution < 1.29 is 4.79 Å². The second-order valence-electron chi connectivity index (χ2n) is 4.79. The molecule has 0 aliphatic heterocycles. The van der Waals surface area contributed by atoms with Crippen molar-refractivity contribution in [1.82, 2.24) is 4.90 Å². The summed E-state index contributed by atoms with van der Waals surface area (Å²) in [5, 5.41) is 0.226. The highest BCUT2D eigenvalue weighted by atomic mass is 32.2. The van der Waals surface area contributed by atoms with Gasteiger partial charge in [-0.1, -0.05) is 62.9 Å². The maximum atomic E-state index is 12.0. The van der Waals surface area contributed by atoms with E-state index < -0.39 is 0 Å². The number of rotatable bonds is 7. The molecule has 0 aromatic heterocycles. The van der Waals surface area contributed by atoms with E-state index in [9.17, 15) is 4.79 Å². The summed E-state index contributed by atoms with van der Waals surface area (Å²) in [5.74, 6) is 1.35. The molecule has 0 saturated carbocycles. The second-order valence-corrected chi connectivity index (χ2v) is 6.00. The van der Waals surface area contributed by atoms with E-state index in [1.807, 2.05) is 17.9 Å². The molecule has 1 amide bonds. The summed E-state index contributed by atoms with van der Waals surface area (Å²) in [5.41, 5.74) is 1.36. The van der Waals surface area contributed by atoms with Crippen LogP contribution in [0.15, 0.2) is 30.3 Å². The lowest BCUT2D eigenvalue weighted by Crippen LogP contribution is -2.30. The maximum absolute atomic E-state index is 12.0. The number of carbonyl (C=O) groups excluding carboxylic acids is 1. The van der Waals surface area contributed by atoms with Crippen molar-refractivity contribution in [2.45, 2.75) is 39.5 Å². The third kappa shape index (κ3) is 5.68. The van der Waals surface area contributed by atoms with Gasteiger partial charge in [-0.2, -0.15) is 0 Å². The first-order valence-electron chi connectivity index (χ1n) is 7.15. The van der Waals surface area contributed by atoms with Gasteiger partial charge in [0.25, 0.3) is 5.24 Å². The van der Waals surface area contributed by atoms with Gasteiger partial charge in [0.05, 0.1) is 0 Å². The van der Waals surface area contributed by atoms with E-state index in [2.05, 4.69) is 38.1 Å². The Morgan fingerprint density at radius 1 is 1.21 bits per heavy atom. The van der Waals surface area contributed by atoms with E-state index in [1.54, 1.807) is 0 Å². The van der Waals surface area contributed by atoms with Crippen molar-refractivity contribution >= 4 is 17.0 Å². The normalized spacial score (nSPS) is 12.2. The Morgan fingerprint density at radius 2 is 1.89 bits per heavy atom. The SMILES string of the molecule is CCCN(CCC(C)c1ccccc1)C(=O)SCC.